The van der Waals surface area contributed by atoms with Gasteiger partial charge in [-0.2, -0.15) is 0 Å². The maximum Gasteiger partial charge on any atom is 0.309 e. The van der Waals surface area contributed by atoms with Crippen LogP contribution in [0.5, 0.6) is 0 Å². The van der Waals surface area contributed by atoms with Crippen molar-refractivity contribution in [2.45, 2.75) is 13.3 Å². The van der Waals surface area contributed by atoms with Gasteiger partial charge >= 0.3 is 5.97 Å². The predicted molar refractivity (Wildman–Crippen MR) is 68.5 cm³/mol. The molecule has 1 N–H and O–H groups in total. The van der Waals surface area contributed by atoms with E-state index in [1.165, 1.54) is 0 Å². The third-order valence-corrected chi connectivity index (χ3v) is 2.66. The number of imide groups is 1. The highest BCUT2D eigenvalue weighted by Gasteiger charge is 2.26. The molecule has 0 fully saturated rings. The summed E-state index contributed by atoms with van der Waals surface area (Å²) in [6.45, 7) is 2.10. The first-order valence-electron chi connectivity index (χ1n) is 5.93. The summed E-state index contributed by atoms with van der Waals surface area (Å²) in [5.74, 6) is -1.06. The van der Waals surface area contributed by atoms with Crippen molar-refractivity contribution >= 4 is 23.9 Å². The molecule has 1 heterocycles. The molecule has 0 radical (unpaired) electrons. The molecule has 2 amide bonds. The molecule has 1 aromatic carbocycles. The van der Waals surface area contributed by atoms with Crippen molar-refractivity contribution in [3.05, 3.63) is 41.0 Å². The molecule has 0 spiro atoms. The summed E-state index contributed by atoms with van der Waals surface area (Å²) in [6.07, 6.45) is 3.55. The van der Waals surface area contributed by atoms with Crippen molar-refractivity contribution < 1.29 is 19.1 Å². The minimum absolute atomic E-state index is 0.177. The maximum absolute atomic E-state index is 11.5. The molecule has 98 valence electrons. The summed E-state index contributed by atoms with van der Waals surface area (Å²) in [5.41, 5.74) is 1.50. The van der Waals surface area contributed by atoms with Gasteiger partial charge in [-0.15, -0.1) is 0 Å². The van der Waals surface area contributed by atoms with Gasteiger partial charge in [0.05, 0.1) is 24.2 Å². The molecule has 1 aromatic rings. The lowest BCUT2D eigenvalue weighted by Crippen LogP contribution is -2.19. The predicted octanol–water partition coefficient (Wildman–Crippen LogP) is 1.54. The molecular formula is C14H13NO4. The number of carbonyl (C=O) groups is 3. The van der Waals surface area contributed by atoms with Crippen LogP contribution in [0.1, 0.15) is 39.6 Å². The Bertz CT molecular complexity index is 575. The van der Waals surface area contributed by atoms with Crippen molar-refractivity contribution in [3.63, 3.8) is 0 Å². The first-order valence-corrected chi connectivity index (χ1v) is 5.93. The van der Waals surface area contributed by atoms with Gasteiger partial charge < -0.3 is 4.74 Å². The maximum atomic E-state index is 11.5. The standard InChI is InChI=1S/C14H13NO4/c1-2-19-12(16)5-3-4-9-6-7-10-11(8-9)14(18)15-13(10)17/h3-4,6-8H,2,5H2,1H3,(H,15,17,18). The van der Waals surface area contributed by atoms with Gasteiger partial charge in [-0.1, -0.05) is 18.2 Å². The van der Waals surface area contributed by atoms with Gasteiger partial charge in [-0.25, -0.2) is 0 Å². The zero-order valence-corrected chi connectivity index (χ0v) is 10.4. The van der Waals surface area contributed by atoms with Crippen molar-refractivity contribution in [1.82, 2.24) is 5.32 Å². The minimum atomic E-state index is -0.388. The van der Waals surface area contributed by atoms with E-state index in [9.17, 15) is 14.4 Å². The third-order valence-electron chi connectivity index (χ3n) is 2.66. The van der Waals surface area contributed by atoms with E-state index in [-0.39, 0.29) is 24.2 Å². The fraction of sp³-hybridized carbons (Fsp3) is 0.214. The number of hydrogen-bond acceptors (Lipinski definition) is 4. The average molecular weight is 259 g/mol. The summed E-state index contributed by atoms with van der Waals surface area (Å²) >= 11 is 0. The first-order chi connectivity index (χ1) is 9.11. The molecule has 0 aromatic heterocycles. The number of nitrogens with one attached hydrogen (secondary N) is 1. The van der Waals surface area contributed by atoms with E-state index in [0.717, 1.165) is 5.56 Å². The van der Waals surface area contributed by atoms with Crippen LogP contribution in [0.25, 0.3) is 6.08 Å². The van der Waals surface area contributed by atoms with Crippen molar-refractivity contribution in [2.75, 3.05) is 6.61 Å². The number of hydrogen-bond donors (Lipinski definition) is 1. The number of carbonyl (C=O) groups excluding carboxylic acids is 3. The molecule has 0 unspecified atom stereocenters. The fourth-order valence-electron chi connectivity index (χ4n) is 1.80. The molecule has 1 aliphatic heterocycles. The summed E-state index contributed by atoms with van der Waals surface area (Å²) in [7, 11) is 0. The Labute approximate surface area is 110 Å². The van der Waals surface area contributed by atoms with Gasteiger partial charge in [0.25, 0.3) is 11.8 Å². The van der Waals surface area contributed by atoms with Crippen molar-refractivity contribution in [1.29, 1.82) is 0 Å². The smallest absolute Gasteiger partial charge is 0.309 e. The van der Waals surface area contributed by atoms with Crippen LogP contribution in [0.15, 0.2) is 24.3 Å². The Morgan fingerprint density at radius 1 is 1.26 bits per heavy atom. The lowest BCUT2D eigenvalue weighted by atomic mass is 10.1. The van der Waals surface area contributed by atoms with Crippen molar-refractivity contribution in [2.24, 2.45) is 0 Å². The highest BCUT2D eigenvalue weighted by Crippen LogP contribution is 2.18. The number of ether oxygens (including phenoxy) is 1. The zero-order chi connectivity index (χ0) is 13.8. The number of amides is 2. The van der Waals surface area contributed by atoms with E-state index in [0.29, 0.717) is 17.7 Å². The van der Waals surface area contributed by atoms with Gasteiger partial charge in [0.2, 0.25) is 0 Å². The van der Waals surface area contributed by atoms with Gasteiger partial charge in [-0.05, 0) is 24.6 Å². The van der Waals surface area contributed by atoms with E-state index in [4.69, 9.17) is 4.74 Å². The van der Waals surface area contributed by atoms with E-state index in [2.05, 4.69) is 5.32 Å². The molecule has 0 saturated carbocycles. The number of esters is 1. The highest BCUT2D eigenvalue weighted by molar-refractivity contribution is 6.21. The van der Waals surface area contributed by atoms with E-state index >= 15 is 0 Å². The summed E-state index contributed by atoms with van der Waals surface area (Å²) < 4.78 is 4.79. The monoisotopic (exact) mass is 259 g/mol. The molecule has 5 heteroatoms. The Morgan fingerprint density at radius 2 is 2.00 bits per heavy atom. The second-order valence-electron chi connectivity index (χ2n) is 4.00. The number of rotatable bonds is 4. The molecule has 5 nitrogen and oxygen atoms in total. The van der Waals surface area contributed by atoms with Gasteiger partial charge in [0.15, 0.2) is 0 Å². The Morgan fingerprint density at radius 3 is 2.74 bits per heavy atom. The van der Waals surface area contributed by atoms with Gasteiger partial charge in [0, 0.05) is 0 Å². The largest absolute Gasteiger partial charge is 0.466 e. The molecule has 2 rings (SSSR count). The molecule has 1 aliphatic rings. The molecule has 0 saturated heterocycles. The van der Waals surface area contributed by atoms with Crippen LogP contribution in [0.2, 0.25) is 0 Å². The third kappa shape index (κ3) is 2.88. The first kappa shape index (κ1) is 13.0. The number of benzene rings is 1. The van der Waals surface area contributed by atoms with E-state index in [1.807, 2.05) is 0 Å². The Balaban J connectivity index is 2.09. The van der Waals surface area contributed by atoms with Gasteiger partial charge in [-0.3, -0.25) is 19.7 Å². The van der Waals surface area contributed by atoms with Crippen LogP contribution in [-0.4, -0.2) is 24.4 Å². The average Bonchev–Trinajstić information content (AvgIpc) is 2.65. The molecular weight excluding hydrogens is 246 g/mol. The van der Waals surface area contributed by atoms with Crippen LogP contribution in [0.4, 0.5) is 0 Å². The van der Waals surface area contributed by atoms with Crippen LogP contribution in [0, 0.1) is 0 Å². The van der Waals surface area contributed by atoms with Crippen LogP contribution < -0.4 is 5.32 Å². The SMILES string of the molecule is CCOC(=O)CC=Cc1ccc2c(c1)C(=O)NC2=O. The topological polar surface area (TPSA) is 72.5 Å². The van der Waals surface area contributed by atoms with Crippen LogP contribution in [-0.2, 0) is 9.53 Å². The Hall–Kier alpha value is -2.43. The Kier molecular flexibility index (Phi) is 3.75. The van der Waals surface area contributed by atoms with Crippen molar-refractivity contribution in [3.8, 4) is 0 Å². The summed E-state index contributed by atoms with van der Waals surface area (Å²) in [4.78, 5) is 33.9. The molecule has 19 heavy (non-hydrogen) atoms. The summed E-state index contributed by atoms with van der Waals surface area (Å²) in [6, 6.07) is 4.94. The molecule has 0 aliphatic carbocycles. The zero-order valence-electron chi connectivity index (χ0n) is 10.4. The quantitative estimate of drug-likeness (QED) is 0.657. The second kappa shape index (κ2) is 5.48. The molecule has 0 atom stereocenters. The second-order valence-corrected chi connectivity index (χ2v) is 4.00. The molecule has 0 bridgehead atoms. The number of fused-ring (bicyclic) bond motifs is 1. The fourth-order valence-corrected chi connectivity index (χ4v) is 1.80. The van der Waals surface area contributed by atoms with Gasteiger partial charge in [0.1, 0.15) is 0 Å². The normalized spacial score (nSPS) is 13.5. The lowest BCUT2D eigenvalue weighted by molar-refractivity contribution is -0.142. The summed E-state index contributed by atoms with van der Waals surface area (Å²) in [5, 5.41) is 2.22. The van der Waals surface area contributed by atoms with E-state index < -0.39 is 0 Å². The minimum Gasteiger partial charge on any atom is -0.466 e. The van der Waals surface area contributed by atoms with E-state index in [1.54, 1.807) is 37.3 Å². The lowest BCUT2D eigenvalue weighted by Gasteiger charge is -1.98. The van der Waals surface area contributed by atoms with Crippen LogP contribution >= 0.6 is 0 Å². The van der Waals surface area contributed by atoms with Crippen LogP contribution in [0.3, 0.4) is 0 Å². The highest BCUT2D eigenvalue weighted by atomic mass is 16.5.